The number of hydrogen-bond donors (Lipinski definition) is 2. The van der Waals surface area contributed by atoms with Crippen LogP contribution in [-0.4, -0.2) is 20.1 Å². The number of rotatable bonds is 2. The third-order valence-corrected chi connectivity index (χ3v) is 2.99. The van der Waals surface area contributed by atoms with Crippen LogP contribution in [0.1, 0.15) is 0 Å². The summed E-state index contributed by atoms with van der Waals surface area (Å²) < 4.78 is 12.9. The highest BCUT2D eigenvalue weighted by molar-refractivity contribution is 5.69. The quantitative estimate of drug-likeness (QED) is 0.756. The van der Waals surface area contributed by atoms with Gasteiger partial charge in [0.2, 0.25) is 5.88 Å². The first kappa shape index (κ1) is 13.0. The molecule has 0 aliphatic rings. The molecule has 3 rings (SSSR count). The van der Waals surface area contributed by atoms with E-state index in [1.54, 1.807) is 24.5 Å². The van der Waals surface area contributed by atoms with Crippen molar-refractivity contribution < 1.29 is 9.50 Å². The van der Waals surface area contributed by atoms with Gasteiger partial charge >= 0.3 is 0 Å². The third kappa shape index (κ3) is 2.51. The second-order valence-electron chi connectivity index (χ2n) is 4.36. The first-order valence-corrected chi connectivity index (χ1v) is 6.15. The third-order valence-electron chi connectivity index (χ3n) is 2.99. The van der Waals surface area contributed by atoms with Crippen LogP contribution < -0.4 is 5.56 Å². The first-order chi connectivity index (χ1) is 10.1. The van der Waals surface area contributed by atoms with Gasteiger partial charge in [-0.1, -0.05) is 12.1 Å². The molecule has 0 saturated heterocycles. The van der Waals surface area contributed by atoms with Gasteiger partial charge in [-0.15, -0.1) is 0 Å². The summed E-state index contributed by atoms with van der Waals surface area (Å²) in [5.74, 6) is -0.584. The van der Waals surface area contributed by atoms with Gasteiger partial charge in [-0.2, -0.15) is 4.98 Å². The molecule has 104 valence electrons. The molecule has 0 amide bonds. The number of aromatic hydroxyl groups is 1. The van der Waals surface area contributed by atoms with E-state index in [1.807, 2.05) is 0 Å². The Morgan fingerprint density at radius 1 is 1.00 bits per heavy atom. The molecule has 0 aliphatic heterocycles. The monoisotopic (exact) mass is 283 g/mol. The van der Waals surface area contributed by atoms with Crippen LogP contribution in [0.3, 0.4) is 0 Å². The summed E-state index contributed by atoms with van der Waals surface area (Å²) >= 11 is 0. The zero-order valence-corrected chi connectivity index (χ0v) is 10.7. The Labute approximate surface area is 118 Å². The summed E-state index contributed by atoms with van der Waals surface area (Å²) in [7, 11) is 0. The van der Waals surface area contributed by atoms with Gasteiger partial charge in [0.05, 0.1) is 0 Å². The maximum Gasteiger partial charge on any atom is 0.262 e. The second-order valence-corrected chi connectivity index (χ2v) is 4.36. The minimum absolute atomic E-state index is 0.00723. The van der Waals surface area contributed by atoms with E-state index in [-0.39, 0.29) is 11.4 Å². The normalized spacial score (nSPS) is 10.5. The number of H-pyrrole nitrogens is 1. The molecule has 2 heterocycles. The number of nitrogens with zero attached hydrogens (tertiary/aromatic N) is 2. The predicted octanol–water partition coefficient (Wildman–Crippen LogP) is 2.34. The Morgan fingerprint density at radius 3 is 2.29 bits per heavy atom. The van der Waals surface area contributed by atoms with Gasteiger partial charge in [-0.25, -0.2) is 4.39 Å². The number of hydrogen-bond acceptors (Lipinski definition) is 4. The molecule has 0 atom stereocenters. The average molecular weight is 283 g/mol. The molecule has 0 bridgehead atoms. The summed E-state index contributed by atoms with van der Waals surface area (Å²) in [5, 5.41) is 10.0. The number of benzene rings is 1. The van der Waals surface area contributed by atoms with Crippen LogP contribution in [0.15, 0.2) is 53.6 Å². The summed E-state index contributed by atoms with van der Waals surface area (Å²) in [4.78, 5) is 22.6. The van der Waals surface area contributed by atoms with Gasteiger partial charge in [-0.05, 0) is 29.8 Å². The van der Waals surface area contributed by atoms with Gasteiger partial charge in [-0.3, -0.25) is 9.78 Å². The number of aromatic amines is 1. The van der Waals surface area contributed by atoms with Crippen molar-refractivity contribution in [3.05, 3.63) is 65.0 Å². The van der Waals surface area contributed by atoms with Crippen LogP contribution in [0.4, 0.5) is 4.39 Å². The predicted molar refractivity (Wildman–Crippen MR) is 75.1 cm³/mol. The highest BCUT2D eigenvalue weighted by Crippen LogP contribution is 2.25. The van der Waals surface area contributed by atoms with Crippen molar-refractivity contribution >= 4 is 0 Å². The summed E-state index contributed by atoms with van der Waals surface area (Å²) in [5.41, 5.74) is 0.528. The van der Waals surface area contributed by atoms with Crippen LogP contribution in [0.25, 0.3) is 22.5 Å². The minimum atomic E-state index is -0.499. The largest absolute Gasteiger partial charge is 0.493 e. The van der Waals surface area contributed by atoms with E-state index in [0.717, 1.165) is 0 Å². The number of aromatic nitrogens is 3. The van der Waals surface area contributed by atoms with E-state index in [2.05, 4.69) is 15.0 Å². The SMILES string of the molecule is O=c1[nH]c(-c2ccncc2)nc(O)c1-c1ccc(F)cc1. The average Bonchev–Trinajstić information content (AvgIpc) is 2.49. The van der Waals surface area contributed by atoms with Gasteiger partial charge in [0.15, 0.2) is 0 Å². The van der Waals surface area contributed by atoms with Gasteiger partial charge in [0.25, 0.3) is 5.56 Å². The smallest absolute Gasteiger partial charge is 0.262 e. The fourth-order valence-electron chi connectivity index (χ4n) is 1.98. The standard InChI is InChI=1S/C15H10FN3O2/c16-11-3-1-9(2-4-11)12-14(20)18-13(19-15(12)21)10-5-7-17-8-6-10/h1-8H,(H2,18,19,20,21). The Kier molecular flexibility index (Phi) is 3.19. The zero-order chi connectivity index (χ0) is 14.8. The van der Waals surface area contributed by atoms with Crippen molar-refractivity contribution in [2.24, 2.45) is 0 Å². The topological polar surface area (TPSA) is 78.9 Å². The minimum Gasteiger partial charge on any atom is -0.493 e. The molecular weight excluding hydrogens is 273 g/mol. The number of nitrogens with one attached hydrogen (secondary N) is 1. The van der Waals surface area contributed by atoms with Crippen molar-refractivity contribution in [1.82, 2.24) is 15.0 Å². The molecule has 6 heteroatoms. The van der Waals surface area contributed by atoms with E-state index in [4.69, 9.17) is 0 Å². The van der Waals surface area contributed by atoms with Crippen molar-refractivity contribution in [2.45, 2.75) is 0 Å². The van der Waals surface area contributed by atoms with E-state index in [1.165, 1.54) is 24.3 Å². The molecule has 0 unspecified atom stereocenters. The second kappa shape index (κ2) is 5.16. The highest BCUT2D eigenvalue weighted by atomic mass is 19.1. The number of halogens is 1. The zero-order valence-electron chi connectivity index (χ0n) is 10.7. The lowest BCUT2D eigenvalue weighted by molar-refractivity contribution is 0.454. The molecule has 0 spiro atoms. The molecule has 2 N–H and O–H groups in total. The Hall–Kier alpha value is -3.02. The first-order valence-electron chi connectivity index (χ1n) is 6.15. The molecule has 0 aliphatic carbocycles. The molecule has 2 aromatic heterocycles. The maximum atomic E-state index is 12.9. The van der Waals surface area contributed by atoms with Gasteiger partial charge in [0.1, 0.15) is 17.2 Å². The van der Waals surface area contributed by atoms with E-state index in [0.29, 0.717) is 11.1 Å². The van der Waals surface area contributed by atoms with Crippen LogP contribution in [-0.2, 0) is 0 Å². The van der Waals surface area contributed by atoms with Crippen LogP contribution in [0, 0.1) is 5.82 Å². The highest BCUT2D eigenvalue weighted by Gasteiger charge is 2.13. The fourth-order valence-corrected chi connectivity index (χ4v) is 1.98. The summed E-state index contributed by atoms with van der Waals surface area (Å²) in [6.45, 7) is 0. The lowest BCUT2D eigenvalue weighted by Gasteiger charge is -2.06. The van der Waals surface area contributed by atoms with Crippen molar-refractivity contribution in [3.8, 4) is 28.4 Å². The van der Waals surface area contributed by atoms with Crippen LogP contribution in [0.5, 0.6) is 5.88 Å². The van der Waals surface area contributed by atoms with Crippen molar-refractivity contribution in [3.63, 3.8) is 0 Å². The number of pyridine rings is 1. The Morgan fingerprint density at radius 2 is 1.67 bits per heavy atom. The van der Waals surface area contributed by atoms with Crippen LogP contribution in [0.2, 0.25) is 0 Å². The molecule has 21 heavy (non-hydrogen) atoms. The molecule has 0 fully saturated rings. The molecular formula is C15H10FN3O2. The molecule has 1 aromatic carbocycles. The van der Waals surface area contributed by atoms with Crippen LogP contribution >= 0.6 is 0 Å². The fraction of sp³-hybridized carbons (Fsp3) is 0. The molecule has 0 radical (unpaired) electrons. The van der Waals surface area contributed by atoms with Gasteiger partial charge < -0.3 is 10.1 Å². The van der Waals surface area contributed by atoms with Gasteiger partial charge in [0, 0.05) is 18.0 Å². The summed E-state index contributed by atoms with van der Waals surface area (Å²) in [6.07, 6.45) is 3.11. The lowest BCUT2D eigenvalue weighted by Crippen LogP contribution is -2.12. The Bertz CT molecular complexity index is 830. The summed E-state index contributed by atoms with van der Waals surface area (Å²) in [6, 6.07) is 8.57. The van der Waals surface area contributed by atoms with E-state index in [9.17, 15) is 14.3 Å². The van der Waals surface area contributed by atoms with E-state index >= 15 is 0 Å². The van der Waals surface area contributed by atoms with E-state index < -0.39 is 17.3 Å². The lowest BCUT2D eigenvalue weighted by atomic mass is 10.1. The molecule has 0 saturated carbocycles. The molecule has 3 aromatic rings. The Balaban J connectivity index is 2.13. The maximum absolute atomic E-state index is 12.9. The van der Waals surface area contributed by atoms with Crippen molar-refractivity contribution in [2.75, 3.05) is 0 Å². The van der Waals surface area contributed by atoms with Crippen molar-refractivity contribution in [1.29, 1.82) is 0 Å². The molecule has 5 nitrogen and oxygen atoms in total.